The summed E-state index contributed by atoms with van der Waals surface area (Å²) < 4.78 is 7.24. The van der Waals surface area contributed by atoms with Gasteiger partial charge in [0.05, 0.1) is 25.7 Å². The Kier molecular flexibility index (Phi) is 3.65. The maximum Gasteiger partial charge on any atom is 0.119 e. The third-order valence-corrected chi connectivity index (χ3v) is 2.70. The summed E-state index contributed by atoms with van der Waals surface area (Å²) in [5.74, 6) is 0.870. The molecule has 0 amide bonds. The van der Waals surface area contributed by atoms with Gasteiger partial charge in [-0.15, -0.1) is 0 Å². The van der Waals surface area contributed by atoms with Crippen molar-refractivity contribution in [3.63, 3.8) is 0 Å². The van der Waals surface area contributed by atoms with Gasteiger partial charge in [0.25, 0.3) is 0 Å². The normalized spacial score (nSPS) is 10.2. The number of methoxy groups -OCH3 is 1. The quantitative estimate of drug-likeness (QED) is 0.859. The summed E-state index contributed by atoms with van der Waals surface area (Å²) in [6.07, 6.45) is 3.74. The molecule has 1 N–H and O–H groups in total. The summed E-state index contributed by atoms with van der Waals surface area (Å²) in [5.41, 5.74) is 2.26. The lowest BCUT2D eigenvalue weighted by atomic mass is 10.3. The van der Waals surface area contributed by atoms with Crippen molar-refractivity contribution in [3.05, 3.63) is 42.5 Å². The molecule has 4 heteroatoms. The molecule has 0 unspecified atom stereocenters. The van der Waals surface area contributed by atoms with Crippen LogP contribution in [0, 0.1) is 0 Å². The van der Waals surface area contributed by atoms with E-state index in [0.29, 0.717) is 0 Å². The summed E-state index contributed by atoms with van der Waals surface area (Å²) in [7, 11) is 1.67. The minimum absolute atomic E-state index is 0.778. The number of ether oxygens (including phenoxy) is 1. The van der Waals surface area contributed by atoms with Crippen molar-refractivity contribution in [3.8, 4) is 5.75 Å². The van der Waals surface area contributed by atoms with Gasteiger partial charge < -0.3 is 14.6 Å². The lowest BCUT2D eigenvalue weighted by Gasteiger charge is -2.08. The fourth-order valence-electron chi connectivity index (χ4n) is 1.68. The van der Waals surface area contributed by atoms with E-state index in [2.05, 4.69) is 21.8 Å². The molecule has 2 rings (SSSR count). The van der Waals surface area contributed by atoms with E-state index in [4.69, 9.17) is 4.74 Å². The van der Waals surface area contributed by atoms with Crippen LogP contribution in [0.25, 0.3) is 0 Å². The van der Waals surface area contributed by atoms with Gasteiger partial charge >= 0.3 is 0 Å². The first-order valence-corrected chi connectivity index (χ1v) is 5.70. The van der Waals surface area contributed by atoms with Crippen LogP contribution >= 0.6 is 0 Å². The number of nitrogens with zero attached hydrogens (tertiary/aromatic N) is 2. The summed E-state index contributed by atoms with van der Waals surface area (Å²) in [6, 6.07) is 7.90. The molecule has 17 heavy (non-hydrogen) atoms. The minimum Gasteiger partial charge on any atom is -0.497 e. The maximum absolute atomic E-state index is 5.11. The predicted octanol–water partition coefficient (Wildman–Crippen LogP) is 2.52. The Balaban J connectivity index is 1.97. The van der Waals surface area contributed by atoms with Gasteiger partial charge in [-0.25, -0.2) is 4.98 Å². The molecule has 0 aliphatic heterocycles. The Bertz CT molecular complexity index is 462. The zero-order valence-corrected chi connectivity index (χ0v) is 10.2. The third-order valence-electron chi connectivity index (χ3n) is 2.70. The Labute approximate surface area is 101 Å². The second-order valence-electron chi connectivity index (χ2n) is 3.75. The van der Waals surface area contributed by atoms with E-state index in [9.17, 15) is 0 Å². The number of aryl methyl sites for hydroxylation is 1. The summed E-state index contributed by atoms with van der Waals surface area (Å²) in [4.78, 5) is 4.14. The molecule has 2 aromatic rings. The fourth-order valence-corrected chi connectivity index (χ4v) is 1.68. The van der Waals surface area contributed by atoms with E-state index in [-0.39, 0.29) is 0 Å². The summed E-state index contributed by atoms with van der Waals surface area (Å²) in [6.45, 7) is 3.83. The summed E-state index contributed by atoms with van der Waals surface area (Å²) in [5, 5.41) is 3.36. The standard InChI is InChI=1S/C13H17N3O/c1-3-16-10-14-8-12(16)9-15-11-4-6-13(17-2)7-5-11/h4-8,10,15H,3,9H2,1-2H3. The van der Waals surface area contributed by atoms with Crippen molar-refractivity contribution in [1.29, 1.82) is 0 Å². The van der Waals surface area contributed by atoms with Crippen molar-refractivity contribution in [2.45, 2.75) is 20.0 Å². The van der Waals surface area contributed by atoms with Crippen LogP contribution in [0.1, 0.15) is 12.6 Å². The second kappa shape index (κ2) is 5.39. The lowest BCUT2D eigenvalue weighted by molar-refractivity contribution is 0.415. The van der Waals surface area contributed by atoms with Crippen LogP contribution in [0.15, 0.2) is 36.8 Å². The van der Waals surface area contributed by atoms with Gasteiger partial charge in [-0.05, 0) is 31.2 Å². The van der Waals surface area contributed by atoms with Crippen LogP contribution in [-0.4, -0.2) is 16.7 Å². The molecule has 0 radical (unpaired) electrons. The molecule has 4 nitrogen and oxygen atoms in total. The molecule has 0 aliphatic carbocycles. The number of nitrogens with one attached hydrogen (secondary N) is 1. The molecule has 0 saturated carbocycles. The molecule has 1 heterocycles. The third kappa shape index (κ3) is 2.78. The Morgan fingerprint density at radius 2 is 2.06 bits per heavy atom. The van der Waals surface area contributed by atoms with Gasteiger partial charge in [-0.3, -0.25) is 0 Å². The smallest absolute Gasteiger partial charge is 0.119 e. The van der Waals surface area contributed by atoms with E-state index in [1.54, 1.807) is 7.11 Å². The zero-order chi connectivity index (χ0) is 12.1. The largest absolute Gasteiger partial charge is 0.497 e. The van der Waals surface area contributed by atoms with Crippen molar-refractivity contribution in [2.24, 2.45) is 0 Å². The fraction of sp³-hybridized carbons (Fsp3) is 0.308. The predicted molar refractivity (Wildman–Crippen MR) is 68.2 cm³/mol. The topological polar surface area (TPSA) is 39.1 Å². The average molecular weight is 231 g/mol. The number of imidazole rings is 1. The number of hydrogen-bond acceptors (Lipinski definition) is 3. The number of rotatable bonds is 5. The molecule has 0 spiro atoms. The highest BCUT2D eigenvalue weighted by Gasteiger charge is 2.00. The van der Waals surface area contributed by atoms with Crippen LogP contribution in [0.3, 0.4) is 0 Å². The van der Waals surface area contributed by atoms with Gasteiger partial charge in [0.15, 0.2) is 0 Å². The van der Waals surface area contributed by atoms with Crippen LogP contribution < -0.4 is 10.1 Å². The van der Waals surface area contributed by atoms with Crippen LogP contribution in [0.5, 0.6) is 5.75 Å². The van der Waals surface area contributed by atoms with Gasteiger partial charge in [0.1, 0.15) is 5.75 Å². The zero-order valence-electron chi connectivity index (χ0n) is 10.2. The van der Waals surface area contributed by atoms with Crippen molar-refractivity contribution >= 4 is 5.69 Å². The molecule has 0 fully saturated rings. The van der Waals surface area contributed by atoms with Crippen molar-refractivity contribution < 1.29 is 4.74 Å². The van der Waals surface area contributed by atoms with E-state index < -0.39 is 0 Å². The highest BCUT2D eigenvalue weighted by Crippen LogP contribution is 2.15. The number of hydrogen-bond donors (Lipinski definition) is 1. The number of anilines is 1. The second-order valence-corrected chi connectivity index (χ2v) is 3.75. The van der Waals surface area contributed by atoms with Crippen LogP contribution in [0.4, 0.5) is 5.69 Å². The Hall–Kier alpha value is -1.97. The van der Waals surface area contributed by atoms with Crippen LogP contribution in [-0.2, 0) is 13.1 Å². The van der Waals surface area contributed by atoms with E-state index in [0.717, 1.165) is 24.5 Å². The van der Waals surface area contributed by atoms with Gasteiger partial charge in [0, 0.05) is 18.4 Å². The average Bonchev–Trinajstić information content (AvgIpc) is 2.84. The molecule has 0 atom stereocenters. The first-order valence-electron chi connectivity index (χ1n) is 5.70. The summed E-state index contributed by atoms with van der Waals surface area (Å²) >= 11 is 0. The maximum atomic E-state index is 5.11. The van der Waals surface area contributed by atoms with Crippen molar-refractivity contribution in [1.82, 2.24) is 9.55 Å². The molecule has 0 aliphatic rings. The molecule has 90 valence electrons. The molecule has 0 saturated heterocycles. The number of aromatic nitrogens is 2. The van der Waals surface area contributed by atoms with Gasteiger partial charge in [-0.1, -0.05) is 0 Å². The Morgan fingerprint density at radius 3 is 2.71 bits per heavy atom. The Morgan fingerprint density at radius 1 is 1.29 bits per heavy atom. The molecular formula is C13H17N3O. The monoisotopic (exact) mass is 231 g/mol. The van der Waals surface area contributed by atoms with Crippen molar-refractivity contribution in [2.75, 3.05) is 12.4 Å². The van der Waals surface area contributed by atoms with Crippen LogP contribution in [0.2, 0.25) is 0 Å². The van der Waals surface area contributed by atoms with Gasteiger partial charge in [0.2, 0.25) is 0 Å². The first-order chi connectivity index (χ1) is 8.33. The van der Waals surface area contributed by atoms with E-state index >= 15 is 0 Å². The van der Waals surface area contributed by atoms with E-state index in [1.807, 2.05) is 36.8 Å². The minimum atomic E-state index is 0.778. The van der Waals surface area contributed by atoms with E-state index in [1.165, 1.54) is 5.69 Å². The highest BCUT2D eigenvalue weighted by atomic mass is 16.5. The molecule has 0 bridgehead atoms. The first kappa shape index (κ1) is 11.5. The molecular weight excluding hydrogens is 214 g/mol. The molecule has 1 aromatic carbocycles. The van der Waals surface area contributed by atoms with Gasteiger partial charge in [-0.2, -0.15) is 0 Å². The molecule has 1 aromatic heterocycles. The number of benzene rings is 1. The SMILES string of the molecule is CCn1cncc1CNc1ccc(OC)cc1. The highest BCUT2D eigenvalue weighted by molar-refractivity contribution is 5.46. The lowest BCUT2D eigenvalue weighted by Crippen LogP contribution is -2.05.